The van der Waals surface area contributed by atoms with E-state index < -0.39 is 11.6 Å². The van der Waals surface area contributed by atoms with Gasteiger partial charge in [0, 0.05) is 54.0 Å². The van der Waals surface area contributed by atoms with E-state index in [2.05, 4.69) is 15.1 Å². The summed E-state index contributed by atoms with van der Waals surface area (Å²) in [7, 11) is 4.87. The molecule has 0 saturated carbocycles. The Morgan fingerprint density at radius 1 is 1.03 bits per heavy atom. The molecule has 1 N–H and O–H groups in total. The van der Waals surface area contributed by atoms with E-state index in [0.717, 1.165) is 43.3 Å². The van der Waals surface area contributed by atoms with Gasteiger partial charge in [-0.3, -0.25) is 10.00 Å². The van der Waals surface area contributed by atoms with E-state index in [1.807, 2.05) is 12.1 Å². The maximum Gasteiger partial charge on any atom is 0.134 e. The van der Waals surface area contributed by atoms with Crippen molar-refractivity contribution in [1.29, 1.82) is 0 Å². The van der Waals surface area contributed by atoms with Crippen molar-refractivity contribution in [2.24, 2.45) is 0 Å². The first kappa shape index (κ1) is 22.1. The Bertz CT molecular complexity index is 1060. The summed E-state index contributed by atoms with van der Waals surface area (Å²) >= 11 is 0. The van der Waals surface area contributed by atoms with Crippen LogP contribution < -0.4 is 14.2 Å². The van der Waals surface area contributed by atoms with E-state index in [1.54, 1.807) is 27.5 Å². The summed E-state index contributed by atoms with van der Waals surface area (Å²) in [5.74, 6) is 1.04. The summed E-state index contributed by atoms with van der Waals surface area (Å²) in [6.07, 6.45) is 3.54. The standard InChI is InChI=1S/C24H27F2N3O3/c1-30-17-10-22(31-2)20(23(11-17)32-3)14-29-8-4-5-15(13-29)24-19(12-27-28-24)18-7-6-16(25)9-21(18)26/h6-7,9-12,15H,4-5,8,13-14H2,1-3H3,(H,27,28)/t15-/m1/s1. The minimum atomic E-state index is -0.595. The molecule has 1 atom stereocenters. The first-order valence-corrected chi connectivity index (χ1v) is 10.5. The molecule has 0 unspecified atom stereocenters. The first-order valence-electron chi connectivity index (χ1n) is 10.5. The number of benzene rings is 2. The summed E-state index contributed by atoms with van der Waals surface area (Å²) in [4.78, 5) is 2.33. The van der Waals surface area contributed by atoms with Crippen LogP contribution in [0.3, 0.4) is 0 Å². The third-order valence-corrected chi connectivity index (χ3v) is 6.00. The molecule has 3 aromatic rings. The summed E-state index contributed by atoms with van der Waals surface area (Å²) < 4.78 is 44.3. The second-order valence-corrected chi connectivity index (χ2v) is 7.91. The van der Waals surface area contributed by atoms with Crippen LogP contribution in [-0.4, -0.2) is 49.5 Å². The lowest BCUT2D eigenvalue weighted by Crippen LogP contribution is -2.34. The molecular formula is C24H27F2N3O3. The fraction of sp³-hybridized carbons (Fsp3) is 0.375. The highest BCUT2D eigenvalue weighted by molar-refractivity contribution is 5.66. The Hall–Kier alpha value is -3.13. The summed E-state index contributed by atoms with van der Waals surface area (Å²) in [6.45, 7) is 2.32. The monoisotopic (exact) mass is 443 g/mol. The molecule has 0 aliphatic carbocycles. The Morgan fingerprint density at radius 3 is 2.44 bits per heavy atom. The van der Waals surface area contributed by atoms with Crippen LogP contribution in [0.5, 0.6) is 17.2 Å². The van der Waals surface area contributed by atoms with Crippen LogP contribution >= 0.6 is 0 Å². The van der Waals surface area contributed by atoms with E-state index in [4.69, 9.17) is 14.2 Å². The van der Waals surface area contributed by atoms with Crippen molar-refractivity contribution in [1.82, 2.24) is 15.1 Å². The molecule has 8 heteroatoms. The van der Waals surface area contributed by atoms with E-state index in [0.29, 0.717) is 34.9 Å². The molecule has 4 rings (SSSR count). The smallest absolute Gasteiger partial charge is 0.134 e. The third-order valence-electron chi connectivity index (χ3n) is 6.00. The van der Waals surface area contributed by atoms with E-state index in [-0.39, 0.29) is 5.92 Å². The number of halogens is 2. The summed E-state index contributed by atoms with van der Waals surface area (Å²) in [5.41, 5.74) is 2.85. The molecule has 2 aromatic carbocycles. The minimum Gasteiger partial charge on any atom is -0.496 e. The van der Waals surface area contributed by atoms with Crippen LogP contribution in [0.4, 0.5) is 8.78 Å². The first-order chi connectivity index (χ1) is 15.5. The largest absolute Gasteiger partial charge is 0.496 e. The van der Waals surface area contributed by atoms with Gasteiger partial charge in [0.2, 0.25) is 0 Å². The molecule has 1 aliphatic rings. The van der Waals surface area contributed by atoms with Crippen molar-refractivity contribution in [2.45, 2.75) is 25.3 Å². The van der Waals surface area contributed by atoms with E-state index >= 15 is 0 Å². The van der Waals surface area contributed by atoms with Crippen LogP contribution in [0.25, 0.3) is 11.1 Å². The van der Waals surface area contributed by atoms with Crippen molar-refractivity contribution < 1.29 is 23.0 Å². The Kier molecular flexibility index (Phi) is 6.60. The number of likely N-dealkylation sites (tertiary alicyclic amines) is 1. The number of hydrogen-bond donors (Lipinski definition) is 1. The fourth-order valence-corrected chi connectivity index (χ4v) is 4.42. The highest BCUT2D eigenvalue weighted by Gasteiger charge is 2.27. The van der Waals surface area contributed by atoms with Crippen molar-refractivity contribution in [3.63, 3.8) is 0 Å². The number of ether oxygens (including phenoxy) is 3. The molecule has 32 heavy (non-hydrogen) atoms. The average Bonchev–Trinajstić information content (AvgIpc) is 3.29. The average molecular weight is 443 g/mol. The highest BCUT2D eigenvalue weighted by atomic mass is 19.1. The number of H-pyrrole nitrogens is 1. The molecule has 1 fully saturated rings. The zero-order valence-corrected chi connectivity index (χ0v) is 18.5. The van der Waals surface area contributed by atoms with Crippen LogP contribution in [-0.2, 0) is 6.54 Å². The maximum absolute atomic E-state index is 14.4. The number of methoxy groups -OCH3 is 3. The van der Waals surface area contributed by atoms with Gasteiger partial charge in [-0.2, -0.15) is 5.10 Å². The molecule has 170 valence electrons. The van der Waals surface area contributed by atoms with Gasteiger partial charge in [-0.25, -0.2) is 8.78 Å². The summed E-state index contributed by atoms with van der Waals surface area (Å²) in [6, 6.07) is 7.34. The van der Waals surface area contributed by atoms with Crippen LogP contribution in [0, 0.1) is 11.6 Å². The lowest BCUT2D eigenvalue weighted by molar-refractivity contribution is 0.194. The molecule has 0 radical (unpaired) electrons. The SMILES string of the molecule is COc1cc(OC)c(CN2CCC[C@@H](c3[nH]ncc3-c3ccc(F)cc3F)C2)c(OC)c1. The number of rotatable bonds is 7. The number of aromatic nitrogens is 2. The predicted molar refractivity (Wildman–Crippen MR) is 117 cm³/mol. The maximum atomic E-state index is 14.4. The highest BCUT2D eigenvalue weighted by Crippen LogP contribution is 2.38. The van der Waals surface area contributed by atoms with Crippen LogP contribution in [0.2, 0.25) is 0 Å². The molecule has 1 saturated heterocycles. The number of nitrogens with zero attached hydrogens (tertiary/aromatic N) is 2. The zero-order valence-electron chi connectivity index (χ0n) is 18.5. The number of hydrogen-bond acceptors (Lipinski definition) is 5. The van der Waals surface area contributed by atoms with Gasteiger partial charge in [0.15, 0.2) is 0 Å². The molecule has 2 heterocycles. The third kappa shape index (κ3) is 4.41. The number of aromatic amines is 1. The molecule has 1 aliphatic heterocycles. The topological polar surface area (TPSA) is 59.6 Å². The molecule has 1 aromatic heterocycles. The van der Waals surface area contributed by atoms with Crippen molar-refractivity contribution in [3.8, 4) is 28.4 Å². The van der Waals surface area contributed by atoms with E-state index in [1.165, 1.54) is 12.1 Å². The van der Waals surface area contributed by atoms with Gasteiger partial charge >= 0.3 is 0 Å². The second-order valence-electron chi connectivity index (χ2n) is 7.91. The van der Waals surface area contributed by atoms with Gasteiger partial charge in [0.1, 0.15) is 28.9 Å². The van der Waals surface area contributed by atoms with Gasteiger partial charge in [-0.1, -0.05) is 0 Å². The lowest BCUT2D eigenvalue weighted by atomic mass is 9.90. The zero-order chi connectivity index (χ0) is 22.7. The predicted octanol–water partition coefficient (Wildman–Crippen LogP) is 4.76. The Balaban J connectivity index is 1.58. The Labute approximate surface area is 186 Å². The lowest BCUT2D eigenvalue weighted by Gasteiger charge is -2.33. The molecule has 0 amide bonds. The van der Waals surface area contributed by atoms with Crippen LogP contribution in [0.15, 0.2) is 36.5 Å². The van der Waals surface area contributed by atoms with Gasteiger partial charge in [0.25, 0.3) is 0 Å². The number of piperidine rings is 1. The number of nitrogens with one attached hydrogen (secondary N) is 1. The Morgan fingerprint density at radius 2 is 1.78 bits per heavy atom. The van der Waals surface area contributed by atoms with Gasteiger partial charge in [-0.15, -0.1) is 0 Å². The van der Waals surface area contributed by atoms with Gasteiger partial charge in [-0.05, 0) is 31.5 Å². The molecule has 0 bridgehead atoms. The van der Waals surface area contributed by atoms with E-state index in [9.17, 15) is 8.78 Å². The normalized spacial score (nSPS) is 16.7. The van der Waals surface area contributed by atoms with Crippen molar-refractivity contribution in [2.75, 3.05) is 34.4 Å². The molecular weight excluding hydrogens is 416 g/mol. The quantitative estimate of drug-likeness (QED) is 0.571. The van der Waals surface area contributed by atoms with Crippen molar-refractivity contribution in [3.05, 3.63) is 59.4 Å². The molecule has 6 nitrogen and oxygen atoms in total. The van der Waals surface area contributed by atoms with Gasteiger partial charge in [0.05, 0.1) is 33.1 Å². The fourth-order valence-electron chi connectivity index (χ4n) is 4.42. The summed E-state index contributed by atoms with van der Waals surface area (Å²) in [5, 5.41) is 7.22. The second kappa shape index (κ2) is 9.56. The minimum absolute atomic E-state index is 0.140. The molecule has 0 spiro atoms. The van der Waals surface area contributed by atoms with Gasteiger partial charge < -0.3 is 14.2 Å². The van der Waals surface area contributed by atoms with Crippen molar-refractivity contribution >= 4 is 0 Å². The van der Waals surface area contributed by atoms with Crippen LogP contribution in [0.1, 0.15) is 30.0 Å².